The third-order valence-corrected chi connectivity index (χ3v) is 4.55. The minimum Gasteiger partial charge on any atom is -0.486 e. The van der Waals surface area contributed by atoms with Gasteiger partial charge >= 0.3 is 0 Å². The summed E-state index contributed by atoms with van der Waals surface area (Å²) in [5, 5.41) is 7.28. The highest BCUT2D eigenvalue weighted by Crippen LogP contribution is 2.35. The molecule has 1 amide bonds. The van der Waals surface area contributed by atoms with E-state index in [4.69, 9.17) is 18.6 Å². The van der Waals surface area contributed by atoms with Crippen LogP contribution in [-0.2, 0) is 13.2 Å². The predicted molar refractivity (Wildman–Crippen MR) is 104 cm³/mol. The maximum Gasteiger partial charge on any atom is 0.286 e. The molecular formula is C21H23N3O5. The van der Waals surface area contributed by atoms with Crippen LogP contribution in [0.15, 0.2) is 40.8 Å². The Morgan fingerprint density at radius 3 is 2.86 bits per heavy atom. The largest absolute Gasteiger partial charge is 0.486 e. The molecule has 0 unspecified atom stereocenters. The first-order valence-corrected chi connectivity index (χ1v) is 9.49. The first-order valence-electron chi connectivity index (χ1n) is 9.49. The summed E-state index contributed by atoms with van der Waals surface area (Å²) in [6, 6.07) is 10.8. The minimum absolute atomic E-state index is 0.213. The van der Waals surface area contributed by atoms with Crippen LogP contribution in [0.1, 0.15) is 34.1 Å². The van der Waals surface area contributed by atoms with Gasteiger partial charge in [0.2, 0.25) is 6.79 Å². The zero-order valence-electron chi connectivity index (χ0n) is 16.4. The van der Waals surface area contributed by atoms with E-state index >= 15 is 0 Å². The molecule has 0 saturated heterocycles. The molecule has 0 aliphatic carbocycles. The molecule has 0 atom stereocenters. The van der Waals surface area contributed by atoms with Crippen LogP contribution in [0.25, 0.3) is 0 Å². The van der Waals surface area contributed by atoms with Gasteiger partial charge in [-0.1, -0.05) is 0 Å². The average Bonchev–Trinajstić information content (AvgIpc) is 3.43. The second-order valence-corrected chi connectivity index (χ2v) is 6.83. The summed E-state index contributed by atoms with van der Waals surface area (Å²) < 4.78 is 23.8. The Bertz CT molecular complexity index is 1010. The molecule has 1 aliphatic rings. The number of aromatic nitrogens is 2. The van der Waals surface area contributed by atoms with Crippen molar-refractivity contribution in [2.45, 2.75) is 33.4 Å². The monoisotopic (exact) mass is 397 g/mol. The lowest BCUT2D eigenvalue weighted by molar-refractivity contribution is 0.0920. The summed E-state index contributed by atoms with van der Waals surface area (Å²) in [5.41, 5.74) is 2.12. The quantitative estimate of drug-likeness (QED) is 0.587. The fourth-order valence-corrected chi connectivity index (χ4v) is 3.12. The van der Waals surface area contributed by atoms with Gasteiger partial charge in [-0.15, -0.1) is 0 Å². The Morgan fingerprint density at radius 1 is 1.17 bits per heavy atom. The number of hydrogen-bond acceptors (Lipinski definition) is 6. The van der Waals surface area contributed by atoms with Crippen LogP contribution in [0.5, 0.6) is 17.2 Å². The highest BCUT2D eigenvalue weighted by molar-refractivity contribution is 5.91. The molecular weight excluding hydrogens is 374 g/mol. The topological polar surface area (TPSA) is 87.8 Å². The van der Waals surface area contributed by atoms with Crippen molar-refractivity contribution in [1.82, 2.24) is 15.1 Å². The molecule has 8 nitrogen and oxygen atoms in total. The van der Waals surface area contributed by atoms with Gasteiger partial charge in [-0.3, -0.25) is 9.48 Å². The standard InChI is InChI=1S/C21H23N3O5/c1-14-10-15(2)24(23-14)9-3-8-22-21(25)19-7-5-17(29-19)12-26-16-4-6-18-20(11-16)28-13-27-18/h4-7,10-11H,3,8-9,12-13H2,1-2H3,(H,22,25). The fourth-order valence-electron chi connectivity index (χ4n) is 3.12. The molecule has 4 rings (SSSR count). The van der Waals surface area contributed by atoms with Crippen molar-refractivity contribution in [2.24, 2.45) is 0 Å². The zero-order chi connectivity index (χ0) is 20.2. The number of fused-ring (bicyclic) bond motifs is 1. The van der Waals surface area contributed by atoms with Gasteiger partial charge in [0.15, 0.2) is 17.3 Å². The molecule has 0 radical (unpaired) electrons. The molecule has 0 fully saturated rings. The van der Waals surface area contributed by atoms with Gasteiger partial charge in [-0.2, -0.15) is 5.10 Å². The number of carbonyl (C=O) groups is 1. The molecule has 3 aromatic rings. The molecule has 3 heterocycles. The maximum atomic E-state index is 12.2. The Balaban J connectivity index is 1.23. The van der Waals surface area contributed by atoms with Crippen LogP contribution in [0.4, 0.5) is 0 Å². The Hall–Kier alpha value is -3.42. The van der Waals surface area contributed by atoms with E-state index in [1.54, 1.807) is 30.3 Å². The van der Waals surface area contributed by atoms with E-state index in [2.05, 4.69) is 10.4 Å². The van der Waals surface area contributed by atoms with E-state index in [0.29, 0.717) is 29.6 Å². The van der Waals surface area contributed by atoms with Crippen LogP contribution in [-0.4, -0.2) is 29.0 Å². The van der Waals surface area contributed by atoms with Crippen molar-refractivity contribution in [3.8, 4) is 17.2 Å². The van der Waals surface area contributed by atoms with E-state index < -0.39 is 0 Å². The Labute approximate surface area is 168 Å². The number of nitrogens with zero attached hydrogens (tertiary/aromatic N) is 2. The van der Waals surface area contributed by atoms with Gasteiger partial charge in [-0.05, 0) is 50.6 Å². The zero-order valence-corrected chi connectivity index (χ0v) is 16.4. The molecule has 0 spiro atoms. The summed E-state index contributed by atoms with van der Waals surface area (Å²) in [4.78, 5) is 12.2. The third-order valence-electron chi connectivity index (χ3n) is 4.55. The molecule has 2 aromatic heterocycles. The smallest absolute Gasteiger partial charge is 0.286 e. The van der Waals surface area contributed by atoms with Gasteiger partial charge in [0.25, 0.3) is 5.91 Å². The average molecular weight is 397 g/mol. The van der Waals surface area contributed by atoms with Crippen LogP contribution in [0.3, 0.4) is 0 Å². The van der Waals surface area contributed by atoms with Gasteiger partial charge in [-0.25, -0.2) is 0 Å². The maximum absolute atomic E-state index is 12.2. The fraction of sp³-hybridized carbons (Fsp3) is 0.333. The van der Waals surface area contributed by atoms with Gasteiger partial charge in [0.1, 0.15) is 18.1 Å². The summed E-state index contributed by atoms with van der Waals surface area (Å²) in [6.07, 6.45) is 0.786. The number of amides is 1. The van der Waals surface area contributed by atoms with Gasteiger partial charge < -0.3 is 23.9 Å². The number of benzene rings is 1. The van der Waals surface area contributed by atoms with E-state index in [-0.39, 0.29) is 25.1 Å². The molecule has 152 valence electrons. The summed E-state index contributed by atoms with van der Waals surface area (Å²) in [5.74, 6) is 2.58. The number of carbonyl (C=O) groups excluding carboxylic acids is 1. The van der Waals surface area contributed by atoms with E-state index in [1.807, 2.05) is 24.6 Å². The third kappa shape index (κ3) is 4.53. The summed E-state index contributed by atoms with van der Waals surface area (Å²) >= 11 is 0. The molecule has 1 aliphatic heterocycles. The second kappa shape index (κ2) is 8.30. The number of rotatable bonds is 8. The number of hydrogen-bond donors (Lipinski definition) is 1. The first-order chi connectivity index (χ1) is 14.1. The van der Waals surface area contributed by atoms with E-state index in [9.17, 15) is 4.79 Å². The van der Waals surface area contributed by atoms with Crippen LogP contribution in [0.2, 0.25) is 0 Å². The first kappa shape index (κ1) is 18.9. The number of aryl methyl sites for hydroxylation is 3. The number of nitrogens with one attached hydrogen (secondary N) is 1. The second-order valence-electron chi connectivity index (χ2n) is 6.83. The van der Waals surface area contributed by atoms with Crippen molar-refractivity contribution in [3.63, 3.8) is 0 Å². The minimum atomic E-state index is -0.243. The highest BCUT2D eigenvalue weighted by Gasteiger charge is 2.15. The lowest BCUT2D eigenvalue weighted by Gasteiger charge is -2.06. The lowest BCUT2D eigenvalue weighted by atomic mass is 10.3. The SMILES string of the molecule is Cc1cc(C)n(CCCNC(=O)c2ccc(COc3ccc4c(c3)OCO4)o2)n1. The Kier molecular flexibility index (Phi) is 5.41. The summed E-state index contributed by atoms with van der Waals surface area (Å²) in [6.45, 7) is 5.72. The van der Waals surface area contributed by atoms with Crippen molar-refractivity contribution in [3.05, 3.63) is 59.3 Å². The number of ether oxygens (including phenoxy) is 3. The highest BCUT2D eigenvalue weighted by atomic mass is 16.7. The molecule has 1 N–H and O–H groups in total. The lowest BCUT2D eigenvalue weighted by Crippen LogP contribution is -2.25. The summed E-state index contributed by atoms with van der Waals surface area (Å²) in [7, 11) is 0. The van der Waals surface area contributed by atoms with Crippen LogP contribution in [0, 0.1) is 13.8 Å². The normalized spacial score (nSPS) is 12.2. The molecule has 1 aromatic carbocycles. The molecule has 29 heavy (non-hydrogen) atoms. The Morgan fingerprint density at radius 2 is 2.03 bits per heavy atom. The van der Waals surface area contributed by atoms with Gasteiger partial charge in [0, 0.05) is 24.8 Å². The number of furan rings is 1. The van der Waals surface area contributed by atoms with Crippen LogP contribution < -0.4 is 19.5 Å². The predicted octanol–water partition coefficient (Wildman–Crippen LogP) is 3.22. The van der Waals surface area contributed by atoms with Crippen molar-refractivity contribution in [1.29, 1.82) is 0 Å². The molecule has 0 bridgehead atoms. The van der Waals surface area contributed by atoms with Crippen molar-refractivity contribution >= 4 is 5.91 Å². The van der Waals surface area contributed by atoms with E-state index in [1.165, 1.54) is 0 Å². The molecule has 0 saturated carbocycles. The molecule has 8 heteroatoms. The van der Waals surface area contributed by atoms with Gasteiger partial charge in [0.05, 0.1) is 5.69 Å². The van der Waals surface area contributed by atoms with Crippen molar-refractivity contribution < 1.29 is 23.4 Å². The van der Waals surface area contributed by atoms with Crippen molar-refractivity contribution in [2.75, 3.05) is 13.3 Å². The van der Waals surface area contributed by atoms with E-state index in [0.717, 1.165) is 24.4 Å². The van der Waals surface area contributed by atoms with Crippen LogP contribution >= 0.6 is 0 Å².